The van der Waals surface area contributed by atoms with E-state index < -0.39 is 6.10 Å². The van der Waals surface area contributed by atoms with E-state index in [0.29, 0.717) is 25.7 Å². The number of aryl methyl sites for hydroxylation is 2. The fraction of sp³-hybridized carbons (Fsp3) is 0.706. The largest absolute Gasteiger partial charge is 0.394 e. The molecule has 0 aromatic carbocycles. The van der Waals surface area contributed by atoms with Gasteiger partial charge >= 0.3 is 0 Å². The number of aliphatic hydroxyl groups excluding tert-OH is 2. The number of hydrogen-bond donors (Lipinski definition) is 2. The molecule has 0 saturated carbocycles. The van der Waals surface area contributed by atoms with Crippen LogP contribution in [0.3, 0.4) is 0 Å². The van der Waals surface area contributed by atoms with Crippen molar-refractivity contribution in [3.8, 4) is 0 Å². The number of aliphatic hydroxyl groups is 2. The van der Waals surface area contributed by atoms with Gasteiger partial charge in [0, 0.05) is 51.6 Å². The summed E-state index contributed by atoms with van der Waals surface area (Å²) in [6, 6.07) is 2.38. The van der Waals surface area contributed by atoms with E-state index in [2.05, 4.69) is 69.3 Å². The van der Waals surface area contributed by atoms with Gasteiger partial charge in [-0.2, -0.15) is 5.10 Å². The van der Waals surface area contributed by atoms with Gasteiger partial charge in [-0.05, 0) is 45.6 Å². The average Bonchev–Trinajstić information content (AvgIpc) is 3.92. The first-order valence-corrected chi connectivity index (χ1v) is 16.8. The molecule has 0 aliphatic carbocycles. The van der Waals surface area contributed by atoms with Crippen LogP contribution in [-0.2, 0) is 22.6 Å². The monoisotopic (exact) mass is 651 g/mol. The Morgan fingerprint density at radius 1 is 1.00 bits per heavy atom. The second-order valence-corrected chi connectivity index (χ2v) is 10.3. The highest BCUT2D eigenvalue weighted by Crippen LogP contribution is 2.00. The molecule has 2 aliphatic rings. The van der Waals surface area contributed by atoms with Crippen LogP contribution in [0.5, 0.6) is 0 Å². The Hall–Kier alpha value is -3.06. The van der Waals surface area contributed by atoms with Crippen molar-refractivity contribution in [1.29, 1.82) is 0 Å². The van der Waals surface area contributed by atoms with Gasteiger partial charge in [0.2, 0.25) is 0 Å². The van der Waals surface area contributed by atoms with E-state index in [0.717, 1.165) is 32.8 Å². The minimum absolute atomic E-state index is 0.115. The van der Waals surface area contributed by atoms with Crippen molar-refractivity contribution in [2.24, 2.45) is 9.98 Å². The van der Waals surface area contributed by atoms with E-state index in [4.69, 9.17) is 19.7 Å². The number of ether oxygens (including phenoxy) is 2. The summed E-state index contributed by atoms with van der Waals surface area (Å²) in [5.74, 6) is 0. The van der Waals surface area contributed by atoms with E-state index in [9.17, 15) is 0 Å². The lowest BCUT2D eigenvalue weighted by atomic mass is 10.2. The zero-order valence-corrected chi connectivity index (χ0v) is 30.1. The van der Waals surface area contributed by atoms with Crippen molar-refractivity contribution < 1.29 is 28.8 Å². The Kier molecular flexibility index (Phi) is 34.1. The molecule has 0 bridgehead atoms. The van der Waals surface area contributed by atoms with Gasteiger partial charge < -0.3 is 24.3 Å². The fourth-order valence-electron chi connectivity index (χ4n) is 3.41. The maximum atomic E-state index is 8.42. The molecule has 46 heavy (non-hydrogen) atoms. The van der Waals surface area contributed by atoms with Crippen molar-refractivity contribution in [2.75, 3.05) is 53.7 Å². The number of imidazole rings is 1. The third kappa shape index (κ3) is 29.6. The molecule has 2 unspecified atom stereocenters. The second kappa shape index (κ2) is 34.8. The molecule has 2 aromatic rings. The molecule has 2 atom stereocenters. The zero-order valence-electron chi connectivity index (χ0n) is 30.1. The molecule has 2 N–H and O–H groups in total. The van der Waals surface area contributed by atoms with E-state index in [-0.39, 0.29) is 6.61 Å². The predicted molar refractivity (Wildman–Crippen MR) is 191 cm³/mol. The van der Waals surface area contributed by atoms with E-state index >= 15 is 0 Å². The minimum atomic E-state index is -0.509. The van der Waals surface area contributed by atoms with Gasteiger partial charge in [0.25, 0.3) is 12.7 Å². The van der Waals surface area contributed by atoms with Crippen LogP contribution in [0.15, 0.2) is 47.2 Å². The van der Waals surface area contributed by atoms with Crippen molar-refractivity contribution in [1.82, 2.24) is 19.3 Å². The number of hydrogen-bond acceptors (Lipinski definition) is 8. The van der Waals surface area contributed by atoms with Gasteiger partial charge in [-0.15, -0.1) is 0 Å². The molecular weight excluding hydrogens is 584 g/mol. The summed E-state index contributed by atoms with van der Waals surface area (Å²) in [4.78, 5) is 12.2. The highest BCUT2D eigenvalue weighted by molar-refractivity contribution is 5.71. The van der Waals surface area contributed by atoms with Crippen LogP contribution in [0.4, 0.5) is 0 Å². The van der Waals surface area contributed by atoms with Crippen LogP contribution < -0.4 is 0 Å². The molecule has 264 valence electrons. The number of rotatable bonds is 14. The van der Waals surface area contributed by atoms with E-state index in [1.54, 1.807) is 19.5 Å². The van der Waals surface area contributed by atoms with Crippen LogP contribution in [0.1, 0.15) is 80.1 Å². The highest BCUT2D eigenvalue weighted by atomic mass is 16.5. The van der Waals surface area contributed by atoms with E-state index in [1.807, 2.05) is 67.6 Å². The Morgan fingerprint density at radius 2 is 1.78 bits per heavy atom. The third-order valence-electron chi connectivity index (χ3n) is 6.10. The molecule has 2 aliphatic heterocycles. The Morgan fingerprint density at radius 3 is 2.17 bits per heavy atom. The lowest BCUT2D eigenvalue weighted by Crippen LogP contribution is -2.08. The summed E-state index contributed by atoms with van der Waals surface area (Å²) < 4.78 is 17.8. The molecule has 0 saturated heterocycles. The molecule has 0 radical (unpaired) electrons. The van der Waals surface area contributed by atoms with Gasteiger partial charge in [0.15, 0.2) is 12.6 Å². The topological polar surface area (TPSA) is 125 Å². The lowest BCUT2D eigenvalue weighted by Gasteiger charge is -1.97. The molecule has 0 spiro atoms. The van der Waals surface area contributed by atoms with Crippen LogP contribution in [0.25, 0.3) is 0 Å². The maximum Gasteiger partial charge on any atom is 0.280 e. The van der Waals surface area contributed by atoms with Crippen molar-refractivity contribution >= 4 is 25.1 Å². The normalized spacial score (nSPS) is 14.4. The average molecular weight is 651 g/mol. The minimum Gasteiger partial charge on any atom is -0.394 e. The second-order valence-electron chi connectivity index (χ2n) is 10.3. The SMILES string of the molecule is CCC(O)CO.CCCC1C=[N+](C)C=N1.CCCC[N+]1=CCN=C1.CCCn1ccnc1.CCOCCOC.CCn1cccn1. The molecule has 12 nitrogen and oxygen atoms in total. The Balaban J connectivity index is 0. The standard InChI is InChI=1S/2C7H13N2.C6H10N2.C5H8N2.C5H12O2.C4H10O2/c1-3-4-7-5-9(2)6-8-7;1-2-3-5-9-6-4-8-7-9;1-2-4-8-5-3-7-6-8;1-2-7-5-3-4-6-7;1-3-7-5-4-6-2;1-2-4(6)3-5/h5-7H,3-4H2,1-2H3;6-7H,2-5H2,1H3;3,5-6H,2,4H2,1H3;3-5H,2H2,1H3;3-5H2,1-2H3;4-6H,2-3H2,1H3/q2*+1;;;;. The summed E-state index contributed by atoms with van der Waals surface area (Å²) in [7, 11) is 3.68. The summed E-state index contributed by atoms with van der Waals surface area (Å²) in [5.41, 5.74) is 0. The Bertz CT molecular complexity index is 985. The van der Waals surface area contributed by atoms with E-state index in [1.165, 1.54) is 32.1 Å². The predicted octanol–water partition coefficient (Wildman–Crippen LogP) is 4.44. The maximum absolute atomic E-state index is 8.42. The number of unbranched alkanes of at least 4 members (excludes halogenated alkanes) is 1. The van der Waals surface area contributed by atoms with Gasteiger partial charge in [0.1, 0.15) is 12.4 Å². The lowest BCUT2D eigenvalue weighted by molar-refractivity contribution is -0.390. The number of nitrogens with zero attached hydrogens (tertiary/aromatic N) is 8. The van der Waals surface area contributed by atoms with Crippen molar-refractivity contribution in [3.63, 3.8) is 0 Å². The molecule has 4 rings (SSSR count). The highest BCUT2D eigenvalue weighted by Gasteiger charge is 2.14. The molecule has 0 fully saturated rings. The van der Waals surface area contributed by atoms with Crippen LogP contribution in [0, 0.1) is 0 Å². The van der Waals surface area contributed by atoms with Gasteiger partial charge in [-0.3, -0.25) is 4.68 Å². The zero-order chi connectivity index (χ0) is 34.7. The smallest absolute Gasteiger partial charge is 0.280 e. The van der Waals surface area contributed by atoms with Gasteiger partial charge in [-0.25, -0.2) is 14.1 Å². The van der Waals surface area contributed by atoms with Crippen LogP contribution in [0.2, 0.25) is 0 Å². The summed E-state index contributed by atoms with van der Waals surface area (Å²) >= 11 is 0. The van der Waals surface area contributed by atoms with Crippen LogP contribution in [-0.4, -0.2) is 130 Å². The van der Waals surface area contributed by atoms with Gasteiger partial charge in [0.05, 0.1) is 45.8 Å². The number of aliphatic imine (C=N–C) groups is 2. The summed E-state index contributed by atoms with van der Waals surface area (Å²) in [6.45, 7) is 18.5. The quantitative estimate of drug-likeness (QED) is 0.230. The first-order valence-electron chi connectivity index (χ1n) is 16.8. The number of methoxy groups -OCH3 is 1. The van der Waals surface area contributed by atoms with Crippen LogP contribution >= 0.6 is 0 Å². The third-order valence-corrected chi connectivity index (χ3v) is 6.10. The summed E-state index contributed by atoms with van der Waals surface area (Å²) in [5, 5.41) is 20.5. The molecule has 4 heterocycles. The Labute approximate surface area is 279 Å². The first-order chi connectivity index (χ1) is 22.3. The molecule has 2 aromatic heterocycles. The summed E-state index contributed by atoms with van der Waals surface area (Å²) in [6.07, 6.45) is 23.6. The fourth-order valence-corrected chi connectivity index (χ4v) is 3.41. The molecule has 12 heteroatoms. The van der Waals surface area contributed by atoms with Crippen molar-refractivity contribution in [2.45, 2.75) is 105 Å². The first kappa shape index (κ1) is 45.1. The molecule has 0 amide bonds. The van der Waals surface area contributed by atoms with Crippen molar-refractivity contribution in [3.05, 3.63) is 37.2 Å². The number of aromatic nitrogens is 4. The molecular formula is C34H66N8O4+2. The van der Waals surface area contributed by atoms with Gasteiger partial charge in [-0.1, -0.05) is 50.5 Å².